The van der Waals surface area contributed by atoms with Crippen molar-refractivity contribution in [2.45, 2.75) is 76.5 Å². The number of likely N-dealkylation sites (tertiary alicyclic amines) is 1. The molecule has 0 bridgehead atoms. The quantitative estimate of drug-likeness (QED) is 0.457. The third kappa shape index (κ3) is 6.95. The van der Waals surface area contributed by atoms with Gasteiger partial charge in [-0.3, -0.25) is 4.79 Å². The number of benzene rings is 2. The van der Waals surface area contributed by atoms with Crippen molar-refractivity contribution in [2.24, 2.45) is 5.92 Å². The maximum atomic E-state index is 10.7. The molecule has 0 aromatic heterocycles. The van der Waals surface area contributed by atoms with Crippen molar-refractivity contribution in [3.63, 3.8) is 0 Å². The van der Waals surface area contributed by atoms with E-state index in [9.17, 15) is 4.79 Å². The van der Waals surface area contributed by atoms with Gasteiger partial charge in [-0.1, -0.05) is 61.0 Å². The van der Waals surface area contributed by atoms with Crippen molar-refractivity contribution >= 4 is 5.97 Å². The van der Waals surface area contributed by atoms with Gasteiger partial charge in [-0.2, -0.15) is 0 Å². The molecule has 1 aliphatic carbocycles. The lowest BCUT2D eigenvalue weighted by molar-refractivity contribution is -0.136. The van der Waals surface area contributed by atoms with E-state index in [-0.39, 0.29) is 12.5 Å². The number of ether oxygens (including phenoxy) is 1. The van der Waals surface area contributed by atoms with E-state index in [0.717, 1.165) is 19.3 Å². The van der Waals surface area contributed by atoms with E-state index in [4.69, 9.17) is 9.84 Å². The van der Waals surface area contributed by atoms with Gasteiger partial charge in [0.2, 0.25) is 0 Å². The van der Waals surface area contributed by atoms with Gasteiger partial charge in [0.25, 0.3) is 0 Å². The highest BCUT2D eigenvalue weighted by Crippen LogP contribution is 2.37. The van der Waals surface area contributed by atoms with Gasteiger partial charge >= 0.3 is 5.97 Å². The van der Waals surface area contributed by atoms with Crippen LogP contribution in [0.25, 0.3) is 11.1 Å². The standard InChI is InChI=1S/C30H37NO3/c32-30(33)14-8-2-1-7-13-27-28(31-21-9-4-10-22-31)19-20-29(27)34-23-24-15-17-26(18-16-24)25-11-5-3-6-12-25/h3,5-6,11-12,15-18,27-29H,4,7-10,13-14,19-23H2,(H,32,33)/t27-,28+,29+/m1/s1. The largest absolute Gasteiger partial charge is 0.481 e. The summed E-state index contributed by atoms with van der Waals surface area (Å²) in [5.74, 6) is 5.98. The molecule has 1 aliphatic heterocycles. The Kier molecular flexibility index (Phi) is 9.19. The number of hydrogen-bond acceptors (Lipinski definition) is 3. The minimum absolute atomic E-state index is 0.127. The molecule has 3 atom stereocenters. The number of nitrogens with zero attached hydrogens (tertiary/aromatic N) is 1. The summed E-state index contributed by atoms with van der Waals surface area (Å²) >= 11 is 0. The predicted molar refractivity (Wildman–Crippen MR) is 136 cm³/mol. The Hall–Kier alpha value is -2.61. The van der Waals surface area contributed by atoms with Gasteiger partial charge in [0, 0.05) is 24.8 Å². The molecule has 2 aromatic carbocycles. The normalized spacial score (nSPS) is 22.8. The molecule has 1 saturated carbocycles. The number of piperidine rings is 1. The fourth-order valence-electron chi connectivity index (χ4n) is 5.51. The van der Waals surface area contributed by atoms with Crippen LogP contribution in [0.3, 0.4) is 0 Å². The van der Waals surface area contributed by atoms with Gasteiger partial charge in [-0.15, -0.1) is 11.8 Å². The maximum absolute atomic E-state index is 10.7. The minimum Gasteiger partial charge on any atom is -0.481 e. The van der Waals surface area contributed by atoms with Crippen molar-refractivity contribution in [2.75, 3.05) is 13.1 Å². The molecule has 0 unspecified atom stereocenters. The van der Waals surface area contributed by atoms with Crippen LogP contribution in [-0.4, -0.2) is 41.2 Å². The lowest BCUT2D eigenvalue weighted by Gasteiger charge is -2.36. The number of carboxylic acid groups (broad SMARTS) is 1. The van der Waals surface area contributed by atoms with Crippen molar-refractivity contribution in [3.05, 3.63) is 60.2 Å². The molecule has 2 fully saturated rings. The Morgan fingerprint density at radius 3 is 2.35 bits per heavy atom. The molecule has 34 heavy (non-hydrogen) atoms. The first-order chi connectivity index (χ1) is 16.7. The van der Waals surface area contributed by atoms with Gasteiger partial charge in [0.1, 0.15) is 0 Å². The molecule has 4 heteroatoms. The summed E-state index contributed by atoms with van der Waals surface area (Å²) in [6.07, 6.45) is 8.95. The monoisotopic (exact) mass is 459 g/mol. The second kappa shape index (κ2) is 12.7. The van der Waals surface area contributed by atoms with Crippen molar-refractivity contribution < 1.29 is 14.6 Å². The summed E-state index contributed by atoms with van der Waals surface area (Å²) in [7, 11) is 0. The van der Waals surface area contributed by atoms with E-state index in [1.807, 2.05) is 6.07 Å². The molecule has 4 rings (SSSR count). The molecule has 0 radical (unpaired) electrons. The first-order valence-corrected chi connectivity index (χ1v) is 12.9. The number of carbonyl (C=O) groups is 1. The number of aliphatic carboxylic acids is 1. The molecule has 4 nitrogen and oxygen atoms in total. The van der Waals surface area contributed by atoms with Crippen LogP contribution in [0.1, 0.15) is 63.4 Å². The fraction of sp³-hybridized carbons (Fsp3) is 0.500. The number of carboxylic acids is 1. The number of rotatable bonds is 9. The zero-order chi connectivity index (χ0) is 23.6. The lowest BCUT2D eigenvalue weighted by atomic mass is 9.93. The molecule has 180 valence electrons. The molecule has 2 aliphatic rings. The van der Waals surface area contributed by atoms with E-state index in [0.29, 0.717) is 25.0 Å². The highest BCUT2D eigenvalue weighted by atomic mass is 16.5. The summed E-state index contributed by atoms with van der Waals surface area (Å²) in [6, 6.07) is 19.8. The SMILES string of the molecule is O=C(O)CCC#CCC[C@H]1[C@@H](OCc2ccc(-c3ccccc3)cc2)CC[C@@H]1N1CCCCC1. The predicted octanol–water partition coefficient (Wildman–Crippen LogP) is 6.15. The summed E-state index contributed by atoms with van der Waals surface area (Å²) in [4.78, 5) is 13.4. The van der Waals surface area contributed by atoms with E-state index in [1.165, 1.54) is 55.5 Å². The summed E-state index contributed by atoms with van der Waals surface area (Å²) < 4.78 is 6.53. The van der Waals surface area contributed by atoms with Crippen LogP contribution in [0.2, 0.25) is 0 Å². The van der Waals surface area contributed by atoms with Crippen LogP contribution in [0.15, 0.2) is 54.6 Å². The zero-order valence-corrected chi connectivity index (χ0v) is 20.1. The smallest absolute Gasteiger partial charge is 0.304 e. The van der Waals surface area contributed by atoms with Crippen LogP contribution in [0.5, 0.6) is 0 Å². The van der Waals surface area contributed by atoms with E-state index >= 15 is 0 Å². The Morgan fingerprint density at radius 1 is 0.912 bits per heavy atom. The summed E-state index contributed by atoms with van der Waals surface area (Å²) in [5, 5.41) is 8.79. The summed E-state index contributed by atoms with van der Waals surface area (Å²) in [5.41, 5.74) is 3.68. The van der Waals surface area contributed by atoms with Crippen molar-refractivity contribution in [1.82, 2.24) is 4.90 Å². The van der Waals surface area contributed by atoms with Gasteiger partial charge < -0.3 is 14.7 Å². The average Bonchev–Trinajstić information content (AvgIpc) is 3.28. The summed E-state index contributed by atoms with van der Waals surface area (Å²) in [6.45, 7) is 3.06. The zero-order valence-electron chi connectivity index (χ0n) is 20.1. The van der Waals surface area contributed by atoms with Crippen LogP contribution in [0.4, 0.5) is 0 Å². The Morgan fingerprint density at radius 2 is 1.62 bits per heavy atom. The molecule has 0 amide bonds. The molecular weight excluding hydrogens is 422 g/mol. The third-order valence-corrected chi connectivity index (χ3v) is 7.30. The third-order valence-electron chi connectivity index (χ3n) is 7.30. The van der Waals surface area contributed by atoms with Crippen LogP contribution in [0, 0.1) is 17.8 Å². The molecular formula is C30H37NO3. The Labute approximate surface area is 204 Å². The second-order valence-electron chi connectivity index (χ2n) is 9.60. The second-order valence-corrected chi connectivity index (χ2v) is 9.60. The molecule has 0 spiro atoms. The van der Waals surface area contributed by atoms with Crippen molar-refractivity contribution in [3.8, 4) is 23.0 Å². The van der Waals surface area contributed by atoms with Crippen molar-refractivity contribution in [1.29, 1.82) is 0 Å². The molecule has 2 aromatic rings. The lowest BCUT2D eigenvalue weighted by Crippen LogP contribution is -2.43. The van der Waals surface area contributed by atoms with E-state index in [1.54, 1.807) is 0 Å². The Bertz CT molecular complexity index is 954. The fourth-order valence-corrected chi connectivity index (χ4v) is 5.51. The first-order valence-electron chi connectivity index (χ1n) is 12.9. The topological polar surface area (TPSA) is 49.8 Å². The average molecular weight is 460 g/mol. The first kappa shape index (κ1) is 24.5. The minimum atomic E-state index is -0.777. The highest BCUT2D eigenvalue weighted by molar-refractivity contribution is 5.67. The van der Waals surface area contributed by atoms with Crippen LogP contribution in [-0.2, 0) is 16.1 Å². The van der Waals surface area contributed by atoms with E-state index in [2.05, 4.69) is 65.3 Å². The maximum Gasteiger partial charge on any atom is 0.304 e. The van der Waals surface area contributed by atoms with Gasteiger partial charge in [0.05, 0.1) is 19.1 Å². The van der Waals surface area contributed by atoms with Gasteiger partial charge in [-0.05, 0) is 61.9 Å². The van der Waals surface area contributed by atoms with Crippen LogP contribution >= 0.6 is 0 Å². The van der Waals surface area contributed by atoms with E-state index < -0.39 is 5.97 Å². The van der Waals surface area contributed by atoms with Crippen LogP contribution < -0.4 is 0 Å². The van der Waals surface area contributed by atoms with Gasteiger partial charge in [-0.25, -0.2) is 0 Å². The Balaban J connectivity index is 1.35. The number of hydrogen-bond donors (Lipinski definition) is 1. The molecule has 1 N–H and O–H groups in total. The molecule has 1 saturated heterocycles. The van der Waals surface area contributed by atoms with Gasteiger partial charge in [0.15, 0.2) is 0 Å². The highest BCUT2D eigenvalue weighted by Gasteiger charge is 2.39. The molecule has 1 heterocycles.